The summed E-state index contributed by atoms with van der Waals surface area (Å²) in [5.74, 6) is 0.958. The van der Waals surface area contributed by atoms with E-state index in [0.717, 1.165) is 14.4 Å². The van der Waals surface area contributed by atoms with Crippen LogP contribution in [0.5, 0.6) is 5.75 Å². The number of halogens is 1. The third kappa shape index (κ3) is 6.21. The van der Waals surface area contributed by atoms with Gasteiger partial charge in [-0.15, -0.1) is 16.9 Å². The second kappa shape index (κ2) is 9.29. The second-order valence-corrected chi connectivity index (χ2v) is 6.85. The summed E-state index contributed by atoms with van der Waals surface area (Å²) in [4.78, 5) is 12.9. The van der Waals surface area contributed by atoms with E-state index in [1.54, 1.807) is 43.1 Å². The molecular weight excluding hydrogens is 392 g/mol. The fraction of sp³-hybridized carbons (Fsp3) is 0.188. The van der Waals surface area contributed by atoms with Gasteiger partial charge in [0, 0.05) is 28.7 Å². The van der Waals surface area contributed by atoms with Crippen molar-refractivity contribution in [2.45, 2.75) is 4.90 Å². The number of thioether (sulfide) groups is 1. The third-order valence-electron chi connectivity index (χ3n) is 2.90. The molecule has 0 spiro atoms. The van der Waals surface area contributed by atoms with Crippen LogP contribution in [0.3, 0.4) is 0 Å². The molecule has 2 amide bonds. The average molecular weight is 409 g/mol. The molecule has 0 unspecified atom stereocenters. The number of nitrogens with one attached hydrogen (secondary N) is 1. The molecule has 0 fully saturated rings. The number of benzene rings is 2. The van der Waals surface area contributed by atoms with E-state index in [0.29, 0.717) is 18.0 Å². The Morgan fingerprint density at radius 3 is 2.54 bits per heavy atom. The largest absolute Gasteiger partial charge is 0.508 e. The number of carbonyl (C=O) groups excluding carboxylic acids is 1. The molecule has 0 bridgehead atoms. The average Bonchev–Trinajstić information content (AvgIpc) is 2.59. The number of aromatic hydroxyl groups is 1. The van der Waals surface area contributed by atoms with Crippen LogP contribution in [0.2, 0.25) is 0 Å². The van der Waals surface area contributed by atoms with Gasteiger partial charge in [0.25, 0.3) is 0 Å². The smallest absolute Gasteiger partial charge is 0.338 e. The topological polar surface area (TPSA) is 77.3 Å². The van der Waals surface area contributed by atoms with Gasteiger partial charge in [-0.2, -0.15) is 5.01 Å². The predicted molar refractivity (Wildman–Crippen MR) is 98.7 cm³/mol. The lowest BCUT2D eigenvalue weighted by atomic mass is 10.3. The molecule has 0 aromatic heterocycles. The fourth-order valence-electron chi connectivity index (χ4n) is 1.65. The maximum atomic E-state index is 11.9. The molecule has 2 aromatic rings. The second-order valence-electron chi connectivity index (χ2n) is 4.76. The third-order valence-corrected chi connectivity index (χ3v) is 4.44. The zero-order valence-electron chi connectivity index (χ0n) is 13.0. The summed E-state index contributed by atoms with van der Waals surface area (Å²) < 4.78 is 0.957. The number of rotatable bonds is 6. The highest BCUT2D eigenvalue weighted by Gasteiger charge is 2.06. The minimum atomic E-state index is -0.317. The van der Waals surface area contributed by atoms with Gasteiger partial charge >= 0.3 is 6.03 Å². The van der Waals surface area contributed by atoms with E-state index < -0.39 is 0 Å². The van der Waals surface area contributed by atoms with Crippen LogP contribution < -0.4 is 5.32 Å². The molecule has 0 aliphatic rings. The number of hydrogen-bond acceptors (Lipinski definition) is 5. The Balaban J connectivity index is 1.71. The van der Waals surface area contributed by atoms with Crippen LogP contribution in [0.15, 0.2) is 68.2 Å². The van der Waals surface area contributed by atoms with Gasteiger partial charge in [0.1, 0.15) is 5.75 Å². The number of nitrogens with zero attached hydrogens (tertiary/aromatic N) is 3. The minimum Gasteiger partial charge on any atom is -0.508 e. The lowest BCUT2D eigenvalue weighted by molar-refractivity contribution is 0.208. The van der Waals surface area contributed by atoms with E-state index >= 15 is 0 Å². The first-order valence-corrected chi connectivity index (χ1v) is 8.93. The summed E-state index contributed by atoms with van der Waals surface area (Å²) in [5.41, 5.74) is 0.667. The van der Waals surface area contributed by atoms with Gasteiger partial charge in [-0.3, -0.25) is 0 Å². The molecular formula is C16H17BrN4O2S. The molecule has 2 aromatic carbocycles. The lowest BCUT2D eigenvalue weighted by Gasteiger charge is -2.11. The minimum absolute atomic E-state index is 0.241. The van der Waals surface area contributed by atoms with Crippen molar-refractivity contribution in [2.24, 2.45) is 10.3 Å². The van der Waals surface area contributed by atoms with E-state index in [1.165, 1.54) is 0 Å². The molecule has 8 heteroatoms. The Kier molecular flexibility index (Phi) is 7.07. The molecule has 0 saturated heterocycles. The number of urea groups is 1. The van der Waals surface area contributed by atoms with Crippen LogP contribution in [0, 0.1) is 0 Å². The van der Waals surface area contributed by atoms with Gasteiger partial charge in [-0.25, -0.2) is 4.79 Å². The van der Waals surface area contributed by atoms with Crippen molar-refractivity contribution in [3.63, 3.8) is 0 Å². The van der Waals surface area contributed by atoms with Gasteiger partial charge in [-0.1, -0.05) is 21.2 Å². The summed E-state index contributed by atoms with van der Waals surface area (Å²) in [7, 11) is 1.55. The van der Waals surface area contributed by atoms with E-state index in [2.05, 4.69) is 31.6 Å². The van der Waals surface area contributed by atoms with E-state index in [9.17, 15) is 9.90 Å². The summed E-state index contributed by atoms with van der Waals surface area (Å²) in [5, 5.41) is 21.0. The number of carbonyl (C=O) groups is 1. The molecule has 24 heavy (non-hydrogen) atoms. The highest BCUT2D eigenvalue weighted by Crippen LogP contribution is 2.20. The van der Waals surface area contributed by atoms with Gasteiger partial charge in [-0.05, 0) is 48.5 Å². The fourth-order valence-corrected chi connectivity index (χ4v) is 2.68. The van der Waals surface area contributed by atoms with Gasteiger partial charge in [0.05, 0.1) is 5.69 Å². The van der Waals surface area contributed by atoms with Crippen molar-refractivity contribution >= 4 is 39.4 Å². The lowest BCUT2D eigenvalue weighted by Crippen LogP contribution is -2.35. The summed E-state index contributed by atoms with van der Waals surface area (Å²) in [6.45, 7) is 0.503. The van der Waals surface area contributed by atoms with E-state index in [-0.39, 0.29) is 11.8 Å². The van der Waals surface area contributed by atoms with Gasteiger partial charge < -0.3 is 10.4 Å². The maximum Gasteiger partial charge on any atom is 0.338 e. The van der Waals surface area contributed by atoms with Crippen molar-refractivity contribution in [1.82, 2.24) is 10.3 Å². The van der Waals surface area contributed by atoms with Gasteiger partial charge in [0.15, 0.2) is 0 Å². The Bertz CT molecular complexity index is 692. The van der Waals surface area contributed by atoms with E-state index in [4.69, 9.17) is 0 Å². The van der Waals surface area contributed by atoms with Crippen molar-refractivity contribution < 1.29 is 9.90 Å². The number of hydrogen-bond donors (Lipinski definition) is 2. The van der Waals surface area contributed by atoms with Crippen molar-refractivity contribution in [3.05, 3.63) is 53.0 Å². The molecule has 126 valence electrons. The van der Waals surface area contributed by atoms with Crippen molar-refractivity contribution in [1.29, 1.82) is 0 Å². The highest BCUT2D eigenvalue weighted by atomic mass is 79.9. The number of phenols is 1. The van der Waals surface area contributed by atoms with Crippen LogP contribution in [0.4, 0.5) is 10.5 Å². The Hall–Kier alpha value is -2.06. The quantitative estimate of drug-likeness (QED) is 0.317. The molecule has 0 saturated carbocycles. The van der Waals surface area contributed by atoms with Gasteiger partial charge in [0.2, 0.25) is 0 Å². The monoisotopic (exact) mass is 408 g/mol. The summed E-state index contributed by atoms with van der Waals surface area (Å²) >= 11 is 4.93. The zero-order chi connectivity index (χ0) is 17.4. The highest BCUT2D eigenvalue weighted by molar-refractivity contribution is 9.10. The molecule has 2 rings (SSSR count). The molecule has 0 aliphatic heterocycles. The number of phenolic OH excluding ortho intramolecular Hbond substituents is 1. The molecule has 0 atom stereocenters. The summed E-state index contributed by atoms with van der Waals surface area (Å²) in [6.07, 6.45) is 0. The first-order chi connectivity index (χ1) is 11.5. The first-order valence-electron chi connectivity index (χ1n) is 7.15. The Labute approximate surface area is 153 Å². The van der Waals surface area contributed by atoms with Crippen molar-refractivity contribution in [2.75, 3.05) is 19.3 Å². The van der Waals surface area contributed by atoms with Crippen LogP contribution in [0.1, 0.15) is 0 Å². The Morgan fingerprint density at radius 2 is 1.88 bits per heavy atom. The Morgan fingerprint density at radius 1 is 1.21 bits per heavy atom. The first kappa shape index (κ1) is 18.3. The SMILES string of the molecule is CN(N=Nc1ccc(Br)cc1)C(=O)NCCSc1ccc(O)cc1. The molecule has 2 N–H and O–H groups in total. The maximum absolute atomic E-state index is 11.9. The molecule has 6 nitrogen and oxygen atoms in total. The van der Waals surface area contributed by atoms with Crippen LogP contribution >= 0.6 is 27.7 Å². The van der Waals surface area contributed by atoms with E-state index in [1.807, 2.05) is 24.3 Å². The summed E-state index contributed by atoms with van der Waals surface area (Å²) in [6, 6.07) is 13.9. The van der Waals surface area contributed by atoms with Crippen LogP contribution in [-0.4, -0.2) is 35.5 Å². The molecule has 0 radical (unpaired) electrons. The molecule has 0 aliphatic carbocycles. The predicted octanol–water partition coefficient (Wildman–Crippen LogP) is 4.59. The van der Waals surface area contributed by atoms with Crippen molar-refractivity contribution in [3.8, 4) is 5.75 Å². The standard InChI is InChI=1S/C16H17BrN4O2S/c1-21(20-19-13-4-2-12(17)3-5-13)16(23)18-10-11-24-15-8-6-14(22)7-9-15/h2-9,22H,10-11H2,1H3,(H,18,23). The van der Waals surface area contributed by atoms with Crippen LogP contribution in [0.25, 0.3) is 0 Å². The number of amides is 2. The van der Waals surface area contributed by atoms with Crippen LogP contribution in [-0.2, 0) is 0 Å². The zero-order valence-corrected chi connectivity index (χ0v) is 15.4. The normalized spacial score (nSPS) is 10.8. The molecule has 0 heterocycles.